The molecule has 1 unspecified atom stereocenters. The molecular formula is C12H13ClN4. The van der Waals surface area contributed by atoms with E-state index in [1.165, 1.54) is 0 Å². The molecule has 1 aromatic heterocycles. The van der Waals surface area contributed by atoms with Crippen molar-refractivity contribution < 1.29 is 0 Å². The summed E-state index contributed by atoms with van der Waals surface area (Å²) in [4.78, 5) is 2.83. The Morgan fingerprint density at radius 3 is 2.94 bits per heavy atom. The van der Waals surface area contributed by atoms with Crippen LogP contribution in [0, 0.1) is 6.92 Å². The van der Waals surface area contributed by atoms with Crippen LogP contribution in [0.2, 0.25) is 5.02 Å². The Morgan fingerprint density at radius 1 is 1.47 bits per heavy atom. The van der Waals surface area contributed by atoms with Gasteiger partial charge in [-0.2, -0.15) is 0 Å². The van der Waals surface area contributed by atoms with Crippen LogP contribution in [0.5, 0.6) is 0 Å². The first-order valence-corrected chi connectivity index (χ1v) is 5.79. The molecule has 0 amide bonds. The molecule has 0 N–H and O–H groups in total. The first-order valence-electron chi connectivity index (χ1n) is 5.41. The smallest absolute Gasteiger partial charge is 0.0525 e. The van der Waals surface area contributed by atoms with Crippen molar-refractivity contribution >= 4 is 22.5 Å². The molecular weight excluding hydrogens is 236 g/mol. The number of hydrogen-bond donors (Lipinski definition) is 0. The summed E-state index contributed by atoms with van der Waals surface area (Å²) in [6.07, 6.45) is 0. The molecule has 0 aliphatic heterocycles. The molecule has 1 atom stereocenters. The summed E-state index contributed by atoms with van der Waals surface area (Å²) >= 11 is 5.96. The minimum Gasteiger partial charge on any atom is -0.344 e. The average molecular weight is 249 g/mol. The number of rotatable bonds is 3. The summed E-state index contributed by atoms with van der Waals surface area (Å²) in [5, 5.41) is 5.55. The highest BCUT2D eigenvalue weighted by Crippen LogP contribution is 2.23. The van der Waals surface area contributed by atoms with Crippen molar-refractivity contribution in [3.8, 4) is 0 Å². The molecule has 1 aromatic carbocycles. The van der Waals surface area contributed by atoms with E-state index < -0.39 is 0 Å². The molecule has 0 fully saturated rings. The molecule has 1 heterocycles. The van der Waals surface area contributed by atoms with Crippen LogP contribution >= 0.6 is 11.6 Å². The predicted molar refractivity (Wildman–Crippen MR) is 70.3 cm³/mol. The largest absolute Gasteiger partial charge is 0.344 e. The Bertz CT molecular complexity index is 596. The third-order valence-electron chi connectivity index (χ3n) is 2.77. The van der Waals surface area contributed by atoms with Gasteiger partial charge in [0.1, 0.15) is 0 Å². The van der Waals surface area contributed by atoms with E-state index in [2.05, 4.69) is 20.7 Å². The van der Waals surface area contributed by atoms with Crippen molar-refractivity contribution in [1.29, 1.82) is 0 Å². The average Bonchev–Trinajstić information content (AvgIpc) is 2.55. The van der Waals surface area contributed by atoms with E-state index in [-0.39, 0.29) is 6.04 Å². The van der Waals surface area contributed by atoms with Crippen molar-refractivity contribution in [2.75, 3.05) is 0 Å². The molecule has 2 aromatic rings. The second-order valence-corrected chi connectivity index (χ2v) is 4.59. The maximum absolute atomic E-state index is 8.42. The van der Waals surface area contributed by atoms with Gasteiger partial charge < -0.3 is 4.57 Å². The molecule has 5 heteroatoms. The topological polar surface area (TPSA) is 53.7 Å². The van der Waals surface area contributed by atoms with Crippen molar-refractivity contribution in [2.45, 2.75) is 26.4 Å². The van der Waals surface area contributed by atoms with Crippen LogP contribution in [-0.4, -0.2) is 10.6 Å². The van der Waals surface area contributed by atoms with Gasteiger partial charge in [-0.3, -0.25) is 0 Å². The van der Waals surface area contributed by atoms with E-state index >= 15 is 0 Å². The quantitative estimate of drug-likeness (QED) is 0.442. The lowest BCUT2D eigenvalue weighted by Crippen LogP contribution is -2.10. The number of fused-ring (bicyclic) bond motifs is 1. The van der Waals surface area contributed by atoms with Gasteiger partial charge >= 0.3 is 0 Å². The lowest BCUT2D eigenvalue weighted by Gasteiger charge is -2.10. The van der Waals surface area contributed by atoms with Gasteiger partial charge in [0.15, 0.2) is 0 Å². The Hall–Kier alpha value is -1.64. The molecule has 88 valence electrons. The number of aromatic nitrogens is 1. The highest BCUT2D eigenvalue weighted by molar-refractivity contribution is 6.31. The van der Waals surface area contributed by atoms with Crippen LogP contribution in [0.3, 0.4) is 0 Å². The summed E-state index contributed by atoms with van der Waals surface area (Å²) in [6.45, 7) is 4.62. The predicted octanol–water partition coefficient (Wildman–Crippen LogP) is 4.30. The van der Waals surface area contributed by atoms with Crippen LogP contribution in [0.15, 0.2) is 29.4 Å². The van der Waals surface area contributed by atoms with Crippen LogP contribution in [0.25, 0.3) is 21.3 Å². The Labute approximate surface area is 104 Å². The minimum absolute atomic E-state index is 0.0648. The maximum atomic E-state index is 8.42. The molecule has 4 nitrogen and oxygen atoms in total. The second-order valence-electron chi connectivity index (χ2n) is 4.15. The van der Waals surface area contributed by atoms with Crippen LogP contribution in [0.4, 0.5) is 0 Å². The molecule has 0 saturated carbocycles. The van der Waals surface area contributed by atoms with Crippen molar-refractivity contribution in [3.63, 3.8) is 0 Å². The normalized spacial score (nSPS) is 12.4. The standard InChI is InChI=1S/C12H13ClN4/c1-8(15-16-14)7-17-9(2)5-10-6-11(13)3-4-12(10)17/h3-6,8H,7H2,1-2H3. The van der Waals surface area contributed by atoms with Crippen LogP contribution in [-0.2, 0) is 6.54 Å². The number of halogens is 1. The Balaban J connectivity index is 2.46. The summed E-state index contributed by atoms with van der Waals surface area (Å²) in [6, 6.07) is 7.83. The fraction of sp³-hybridized carbons (Fsp3) is 0.333. The van der Waals surface area contributed by atoms with Gasteiger partial charge in [0.05, 0.1) is 6.04 Å². The molecule has 0 bridgehead atoms. The third kappa shape index (κ3) is 2.38. The first kappa shape index (κ1) is 11.8. The number of hydrogen-bond acceptors (Lipinski definition) is 1. The monoisotopic (exact) mass is 248 g/mol. The summed E-state index contributed by atoms with van der Waals surface area (Å²) in [7, 11) is 0. The van der Waals surface area contributed by atoms with E-state index in [0.717, 1.165) is 21.6 Å². The fourth-order valence-corrected chi connectivity index (χ4v) is 2.19. The van der Waals surface area contributed by atoms with Crippen LogP contribution in [0.1, 0.15) is 12.6 Å². The zero-order valence-electron chi connectivity index (χ0n) is 9.76. The molecule has 0 saturated heterocycles. The lowest BCUT2D eigenvalue weighted by atomic mass is 10.2. The zero-order valence-corrected chi connectivity index (χ0v) is 10.5. The summed E-state index contributed by atoms with van der Waals surface area (Å²) in [5.41, 5.74) is 10.7. The Morgan fingerprint density at radius 2 is 2.24 bits per heavy atom. The second kappa shape index (κ2) is 4.70. The maximum Gasteiger partial charge on any atom is 0.0525 e. The number of nitrogens with zero attached hydrogens (tertiary/aromatic N) is 4. The summed E-state index contributed by atoms with van der Waals surface area (Å²) < 4.78 is 2.14. The molecule has 2 rings (SSSR count). The third-order valence-corrected chi connectivity index (χ3v) is 3.00. The highest BCUT2D eigenvalue weighted by atomic mass is 35.5. The Kier molecular flexibility index (Phi) is 3.27. The SMILES string of the molecule is Cc1cc2cc(Cl)ccc2n1CC(C)N=[N+]=[N-]. The first-order chi connectivity index (χ1) is 8.11. The van der Waals surface area contributed by atoms with Crippen molar-refractivity contribution in [2.24, 2.45) is 5.11 Å². The van der Waals surface area contributed by atoms with Gasteiger partial charge in [0.25, 0.3) is 0 Å². The molecule has 0 spiro atoms. The van der Waals surface area contributed by atoms with Crippen molar-refractivity contribution in [3.05, 3.63) is 45.4 Å². The van der Waals surface area contributed by atoms with Gasteiger partial charge in [0, 0.05) is 33.1 Å². The molecule has 0 aliphatic carbocycles. The summed E-state index contributed by atoms with van der Waals surface area (Å²) in [5.74, 6) is 0. The van der Waals surface area contributed by atoms with Crippen LogP contribution < -0.4 is 0 Å². The van der Waals surface area contributed by atoms with Gasteiger partial charge in [-0.25, -0.2) is 0 Å². The van der Waals surface area contributed by atoms with Crippen molar-refractivity contribution in [1.82, 2.24) is 4.57 Å². The van der Waals surface area contributed by atoms with Gasteiger partial charge in [-0.05, 0) is 36.7 Å². The van der Waals surface area contributed by atoms with E-state index in [9.17, 15) is 0 Å². The van der Waals surface area contributed by atoms with E-state index in [1.54, 1.807) is 0 Å². The van der Waals surface area contributed by atoms with Gasteiger partial charge in [-0.1, -0.05) is 23.6 Å². The number of aryl methyl sites for hydroxylation is 1. The van der Waals surface area contributed by atoms with E-state index in [1.807, 2.05) is 32.0 Å². The number of azide groups is 1. The number of benzene rings is 1. The van der Waals surface area contributed by atoms with Gasteiger partial charge in [-0.15, -0.1) is 0 Å². The fourth-order valence-electron chi connectivity index (χ4n) is 2.01. The molecule has 0 radical (unpaired) electrons. The van der Waals surface area contributed by atoms with Gasteiger partial charge in [0.2, 0.25) is 0 Å². The zero-order chi connectivity index (χ0) is 12.4. The van der Waals surface area contributed by atoms with E-state index in [0.29, 0.717) is 6.54 Å². The molecule has 0 aliphatic rings. The van der Waals surface area contributed by atoms with E-state index in [4.69, 9.17) is 17.1 Å². The lowest BCUT2D eigenvalue weighted by molar-refractivity contribution is 0.592. The molecule has 17 heavy (non-hydrogen) atoms. The minimum atomic E-state index is -0.0648. The highest BCUT2D eigenvalue weighted by Gasteiger charge is 2.08.